The molecule has 7 nitrogen and oxygen atoms in total. The molecule has 150 valence electrons. The van der Waals surface area contributed by atoms with Gasteiger partial charge in [0.1, 0.15) is 6.61 Å². The highest BCUT2D eigenvalue weighted by atomic mass is 16.6. The lowest BCUT2D eigenvalue weighted by Crippen LogP contribution is -2.44. The molecule has 0 saturated carbocycles. The van der Waals surface area contributed by atoms with Crippen LogP contribution in [-0.4, -0.2) is 76.5 Å². The van der Waals surface area contributed by atoms with Crippen molar-refractivity contribution in [3.63, 3.8) is 0 Å². The van der Waals surface area contributed by atoms with Crippen LogP contribution in [0.5, 0.6) is 0 Å². The maximum Gasteiger partial charge on any atom is 0.409 e. The monoisotopic (exact) mass is 387 g/mol. The zero-order chi connectivity index (χ0) is 20.1. The topological polar surface area (TPSA) is 110 Å². The maximum atomic E-state index is 12.5. The number of hydrogen-bond acceptors (Lipinski definition) is 6. The summed E-state index contributed by atoms with van der Waals surface area (Å²) < 4.78 is 5.49. The molecule has 0 aromatic heterocycles. The van der Waals surface area contributed by atoms with Gasteiger partial charge in [-0.05, 0) is 22.3 Å². The number of aliphatic hydroxyl groups is 4. The predicted octanol–water partition coefficient (Wildman–Crippen LogP) is 0.944. The van der Waals surface area contributed by atoms with Crippen molar-refractivity contribution in [2.24, 2.45) is 0 Å². The van der Waals surface area contributed by atoms with E-state index in [4.69, 9.17) is 14.9 Å². The van der Waals surface area contributed by atoms with Crippen molar-refractivity contribution >= 4 is 6.09 Å². The summed E-state index contributed by atoms with van der Waals surface area (Å²) in [6.45, 7) is -1.35. The fourth-order valence-corrected chi connectivity index (χ4v) is 3.53. The third kappa shape index (κ3) is 4.34. The molecule has 1 aliphatic rings. The fourth-order valence-electron chi connectivity index (χ4n) is 3.53. The van der Waals surface area contributed by atoms with Gasteiger partial charge in [0, 0.05) is 5.92 Å². The quantitative estimate of drug-likeness (QED) is 0.537. The van der Waals surface area contributed by atoms with Crippen LogP contribution in [0.25, 0.3) is 11.1 Å². The van der Waals surface area contributed by atoms with E-state index in [1.807, 2.05) is 48.5 Å². The second-order valence-electron chi connectivity index (χ2n) is 6.88. The summed E-state index contributed by atoms with van der Waals surface area (Å²) in [6.07, 6.45) is -3.04. The first kappa shape index (κ1) is 20.3. The molecule has 0 bridgehead atoms. The van der Waals surface area contributed by atoms with E-state index in [2.05, 4.69) is 0 Å². The largest absolute Gasteiger partial charge is 0.448 e. The molecule has 2 unspecified atom stereocenters. The van der Waals surface area contributed by atoms with Gasteiger partial charge in [-0.3, -0.25) is 0 Å². The summed E-state index contributed by atoms with van der Waals surface area (Å²) in [6, 6.07) is 15.9. The Morgan fingerprint density at radius 2 is 1.36 bits per heavy atom. The van der Waals surface area contributed by atoms with Crippen molar-refractivity contribution in [2.75, 3.05) is 32.9 Å². The summed E-state index contributed by atoms with van der Waals surface area (Å²) >= 11 is 0. The Bertz CT molecular complexity index is 753. The van der Waals surface area contributed by atoms with Gasteiger partial charge in [-0.15, -0.1) is 0 Å². The van der Waals surface area contributed by atoms with Crippen LogP contribution >= 0.6 is 0 Å². The number of aliphatic hydroxyl groups excluding tert-OH is 4. The molecule has 3 rings (SSSR count). The molecular formula is C21H25NO6. The molecule has 0 aliphatic heterocycles. The molecule has 0 saturated heterocycles. The number of benzene rings is 2. The Morgan fingerprint density at radius 1 is 0.893 bits per heavy atom. The summed E-state index contributed by atoms with van der Waals surface area (Å²) in [7, 11) is 0. The van der Waals surface area contributed by atoms with Crippen molar-refractivity contribution in [2.45, 2.75) is 18.1 Å². The lowest BCUT2D eigenvalue weighted by atomic mass is 9.98. The van der Waals surface area contributed by atoms with E-state index in [9.17, 15) is 15.0 Å². The van der Waals surface area contributed by atoms with Crippen LogP contribution < -0.4 is 0 Å². The smallest absolute Gasteiger partial charge is 0.409 e. The number of nitrogens with zero attached hydrogens (tertiary/aromatic N) is 1. The minimum Gasteiger partial charge on any atom is -0.448 e. The number of fused-ring (bicyclic) bond motifs is 3. The molecule has 0 fully saturated rings. The van der Waals surface area contributed by atoms with Gasteiger partial charge in [0.05, 0.1) is 38.5 Å². The van der Waals surface area contributed by atoms with Crippen LogP contribution in [0.2, 0.25) is 0 Å². The van der Waals surface area contributed by atoms with Crippen molar-refractivity contribution < 1.29 is 30.0 Å². The van der Waals surface area contributed by atoms with Gasteiger partial charge >= 0.3 is 6.09 Å². The minimum atomic E-state index is -1.16. The SMILES string of the molecule is O=C(OCC1c2ccccc2-c2ccccc21)N(CC(O)CO)CC(O)CO. The van der Waals surface area contributed by atoms with Gasteiger partial charge in [0.15, 0.2) is 0 Å². The fraction of sp³-hybridized carbons (Fsp3) is 0.381. The Balaban J connectivity index is 1.73. The first-order chi connectivity index (χ1) is 13.5. The van der Waals surface area contributed by atoms with Crippen molar-refractivity contribution in [1.82, 2.24) is 4.90 Å². The third-order valence-corrected chi connectivity index (χ3v) is 4.88. The van der Waals surface area contributed by atoms with Crippen LogP contribution in [0.15, 0.2) is 48.5 Å². The lowest BCUT2D eigenvalue weighted by Gasteiger charge is -2.26. The molecule has 2 aromatic carbocycles. The van der Waals surface area contributed by atoms with E-state index in [1.54, 1.807) is 0 Å². The van der Waals surface area contributed by atoms with E-state index < -0.39 is 31.5 Å². The standard InChI is InChI=1S/C21H25NO6/c23-11-14(25)9-22(10-15(26)12-24)21(27)28-13-20-18-7-3-1-5-16(18)17-6-2-4-8-19(17)20/h1-8,14-15,20,23-26H,9-13H2. The molecule has 0 spiro atoms. The van der Waals surface area contributed by atoms with Crippen LogP contribution in [0.3, 0.4) is 0 Å². The minimum absolute atomic E-state index is 0.105. The zero-order valence-corrected chi connectivity index (χ0v) is 15.4. The number of carbonyl (C=O) groups excluding carboxylic acids is 1. The highest BCUT2D eigenvalue weighted by Gasteiger charge is 2.30. The first-order valence-electron chi connectivity index (χ1n) is 9.23. The average molecular weight is 387 g/mol. The maximum absolute atomic E-state index is 12.5. The molecule has 1 aliphatic carbocycles. The van der Waals surface area contributed by atoms with Gasteiger partial charge in [-0.2, -0.15) is 0 Å². The molecule has 1 amide bonds. The number of amides is 1. The third-order valence-electron chi connectivity index (χ3n) is 4.88. The number of hydrogen-bond donors (Lipinski definition) is 4. The van der Waals surface area contributed by atoms with E-state index in [1.165, 1.54) is 0 Å². The van der Waals surface area contributed by atoms with Crippen LogP contribution in [-0.2, 0) is 4.74 Å². The molecular weight excluding hydrogens is 362 g/mol. The highest BCUT2D eigenvalue weighted by molar-refractivity contribution is 5.79. The highest BCUT2D eigenvalue weighted by Crippen LogP contribution is 2.44. The molecule has 0 radical (unpaired) electrons. The Kier molecular flexibility index (Phi) is 6.64. The zero-order valence-electron chi connectivity index (χ0n) is 15.4. The van der Waals surface area contributed by atoms with Crippen molar-refractivity contribution in [3.8, 4) is 11.1 Å². The molecule has 2 aromatic rings. The Hall–Kier alpha value is -2.45. The van der Waals surface area contributed by atoms with Crippen molar-refractivity contribution in [3.05, 3.63) is 59.7 Å². The van der Waals surface area contributed by atoms with Gasteiger partial charge in [-0.1, -0.05) is 48.5 Å². The van der Waals surface area contributed by atoms with E-state index in [-0.39, 0.29) is 25.6 Å². The Labute approximate surface area is 163 Å². The molecule has 7 heteroatoms. The second-order valence-corrected chi connectivity index (χ2v) is 6.88. The lowest BCUT2D eigenvalue weighted by molar-refractivity contribution is 0.0167. The van der Waals surface area contributed by atoms with E-state index in [0.717, 1.165) is 27.2 Å². The normalized spacial score (nSPS) is 14.9. The van der Waals surface area contributed by atoms with Gasteiger partial charge in [0.2, 0.25) is 0 Å². The molecule has 0 heterocycles. The molecule has 4 N–H and O–H groups in total. The van der Waals surface area contributed by atoms with Crippen molar-refractivity contribution in [1.29, 1.82) is 0 Å². The summed E-state index contributed by atoms with van der Waals surface area (Å²) in [5, 5.41) is 37.4. The van der Waals surface area contributed by atoms with Gasteiger partial charge < -0.3 is 30.1 Å². The average Bonchev–Trinajstić information content (AvgIpc) is 3.05. The van der Waals surface area contributed by atoms with E-state index >= 15 is 0 Å². The van der Waals surface area contributed by atoms with E-state index in [0.29, 0.717) is 0 Å². The summed E-state index contributed by atoms with van der Waals surface area (Å²) in [5.74, 6) is -0.108. The second kappa shape index (κ2) is 9.16. The number of ether oxygens (including phenoxy) is 1. The van der Waals surface area contributed by atoms with Gasteiger partial charge in [-0.25, -0.2) is 4.79 Å². The summed E-state index contributed by atoms with van der Waals surface area (Å²) in [5.41, 5.74) is 4.38. The van der Waals surface area contributed by atoms with Gasteiger partial charge in [0.25, 0.3) is 0 Å². The number of rotatable bonds is 8. The first-order valence-corrected chi connectivity index (χ1v) is 9.23. The van der Waals surface area contributed by atoms with Crippen LogP contribution in [0, 0.1) is 0 Å². The summed E-state index contributed by atoms with van der Waals surface area (Å²) in [4.78, 5) is 13.6. The Morgan fingerprint density at radius 3 is 1.82 bits per heavy atom. The molecule has 28 heavy (non-hydrogen) atoms. The van der Waals surface area contributed by atoms with Crippen LogP contribution in [0.4, 0.5) is 4.79 Å². The van der Waals surface area contributed by atoms with Crippen LogP contribution in [0.1, 0.15) is 17.0 Å². The predicted molar refractivity (Wildman–Crippen MR) is 103 cm³/mol. The molecule has 2 atom stereocenters. The number of carbonyl (C=O) groups is 1.